The number of halogens is 2. The number of pyridine rings is 1. The molecule has 1 atom stereocenters. The van der Waals surface area contributed by atoms with E-state index in [1.165, 1.54) is 4.90 Å². The Hall–Kier alpha value is -2.82. The molecule has 1 aromatic heterocycles. The zero-order valence-electron chi connectivity index (χ0n) is 14.0. The third kappa shape index (κ3) is 3.50. The molecule has 1 unspecified atom stereocenters. The second-order valence-corrected chi connectivity index (χ2v) is 6.02. The molecule has 3 rings (SSSR count). The molecule has 0 aliphatic rings. The number of likely N-dealkylation sites (N-methyl/N-ethyl adjacent to an activating group) is 1. The molecule has 3 aromatic rings. The normalized spacial score (nSPS) is 12.2. The number of carbonyl (C=O) groups excluding carboxylic acids is 1. The van der Waals surface area contributed by atoms with Crippen LogP contribution in [-0.4, -0.2) is 22.8 Å². The first-order valence-corrected chi connectivity index (χ1v) is 8.00. The van der Waals surface area contributed by atoms with Crippen molar-refractivity contribution in [1.29, 1.82) is 0 Å². The molecule has 0 bridgehead atoms. The van der Waals surface area contributed by atoms with E-state index >= 15 is 0 Å². The summed E-state index contributed by atoms with van der Waals surface area (Å²) >= 11 is 0. The maximum Gasteiger partial charge on any atom is 0.227 e. The number of fused-ring (bicyclic) bond motifs is 1. The molecule has 2 aromatic carbocycles. The van der Waals surface area contributed by atoms with E-state index in [-0.39, 0.29) is 17.9 Å². The Kier molecular flexibility index (Phi) is 4.74. The van der Waals surface area contributed by atoms with Gasteiger partial charge in [-0.3, -0.25) is 9.78 Å². The van der Waals surface area contributed by atoms with Gasteiger partial charge in [0.05, 0.1) is 18.0 Å². The highest BCUT2D eigenvalue weighted by Crippen LogP contribution is 2.24. The van der Waals surface area contributed by atoms with Crippen molar-refractivity contribution in [1.82, 2.24) is 9.88 Å². The lowest BCUT2D eigenvalue weighted by Gasteiger charge is -2.26. The van der Waals surface area contributed by atoms with E-state index in [0.717, 1.165) is 34.7 Å². The average Bonchev–Trinajstić information content (AvgIpc) is 2.62. The van der Waals surface area contributed by atoms with Crippen LogP contribution in [0.5, 0.6) is 0 Å². The summed E-state index contributed by atoms with van der Waals surface area (Å²) in [4.78, 5) is 18.4. The molecule has 128 valence electrons. The Morgan fingerprint density at radius 1 is 1.16 bits per heavy atom. The largest absolute Gasteiger partial charge is 0.339 e. The van der Waals surface area contributed by atoms with Crippen molar-refractivity contribution in [2.45, 2.75) is 19.4 Å². The first-order chi connectivity index (χ1) is 12.0. The SMILES string of the molecule is CC(c1cc(F)ccc1F)N(C)C(=O)Cc1cccc2cccnc12. The van der Waals surface area contributed by atoms with Crippen LogP contribution in [-0.2, 0) is 11.2 Å². The molecule has 25 heavy (non-hydrogen) atoms. The molecule has 0 spiro atoms. The summed E-state index contributed by atoms with van der Waals surface area (Å²) < 4.78 is 27.4. The third-order valence-electron chi connectivity index (χ3n) is 4.44. The summed E-state index contributed by atoms with van der Waals surface area (Å²) in [6.45, 7) is 1.68. The van der Waals surface area contributed by atoms with Crippen molar-refractivity contribution in [2.75, 3.05) is 7.05 Å². The fourth-order valence-corrected chi connectivity index (χ4v) is 2.86. The molecule has 1 amide bonds. The number of rotatable bonds is 4. The molecule has 1 heterocycles. The number of carbonyl (C=O) groups is 1. The van der Waals surface area contributed by atoms with E-state index in [1.807, 2.05) is 30.3 Å². The van der Waals surface area contributed by atoms with Crippen molar-refractivity contribution >= 4 is 16.8 Å². The van der Waals surface area contributed by atoms with E-state index in [0.29, 0.717) is 0 Å². The van der Waals surface area contributed by atoms with Crippen molar-refractivity contribution in [3.05, 3.63) is 77.5 Å². The van der Waals surface area contributed by atoms with Crippen LogP contribution in [0.2, 0.25) is 0 Å². The van der Waals surface area contributed by atoms with Crippen LogP contribution >= 0.6 is 0 Å². The molecule has 0 radical (unpaired) electrons. The zero-order chi connectivity index (χ0) is 18.0. The Morgan fingerprint density at radius 3 is 2.72 bits per heavy atom. The van der Waals surface area contributed by atoms with Gasteiger partial charge in [-0.1, -0.05) is 24.3 Å². The number of hydrogen-bond donors (Lipinski definition) is 0. The lowest BCUT2D eigenvalue weighted by molar-refractivity contribution is -0.131. The van der Waals surface area contributed by atoms with Gasteiger partial charge >= 0.3 is 0 Å². The summed E-state index contributed by atoms with van der Waals surface area (Å²) in [6, 6.07) is 12.1. The minimum absolute atomic E-state index is 0.145. The van der Waals surface area contributed by atoms with Crippen LogP contribution in [0, 0.1) is 11.6 Å². The lowest BCUT2D eigenvalue weighted by Crippen LogP contribution is -2.31. The third-order valence-corrected chi connectivity index (χ3v) is 4.44. The van der Waals surface area contributed by atoms with Crippen molar-refractivity contribution in [2.24, 2.45) is 0 Å². The molecule has 0 aliphatic heterocycles. The summed E-state index contributed by atoms with van der Waals surface area (Å²) in [7, 11) is 1.59. The van der Waals surface area contributed by atoms with Crippen LogP contribution in [0.15, 0.2) is 54.7 Å². The van der Waals surface area contributed by atoms with E-state index < -0.39 is 17.7 Å². The maximum atomic E-state index is 14.0. The highest BCUT2D eigenvalue weighted by molar-refractivity contribution is 5.87. The number of amides is 1. The van der Waals surface area contributed by atoms with Gasteiger partial charge in [0, 0.05) is 24.2 Å². The molecule has 5 heteroatoms. The first-order valence-electron chi connectivity index (χ1n) is 8.00. The monoisotopic (exact) mass is 340 g/mol. The van der Waals surface area contributed by atoms with Gasteiger partial charge in [0.2, 0.25) is 5.91 Å². The van der Waals surface area contributed by atoms with Crippen LogP contribution in [0.3, 0.4) is 0 Å². The smallest absolute Gasteiger partial charge is 0.227 e. The lowest BCUT2D eigenvalue weighted by atomic mass is 10.0. The number of para-hydroxylation sites is 1. The predicted molar refractivity (Wildman–Crippen MR) is 93.0 cm³/mol. The van der Waals surface area contributed by atoms with Crippen LogP contribution in [0.1, 0.15) is 24.1 Å². The standard InChI is InChI=1S/C20H18F2N2O/c1-13(17-12-16(21)8-9-18(17)22)24(2)19(25)11-15-6-3-5-14-7-4-10-23-20(14)15/h3-10,12-13H,11H2,1-2H3. The van der Waals surface area contributed by atoms with Crippen molar-refractivity contribution in [3.8, 4) is 0 Å². The molecular weight excluding hydrogens is 322 g/mol. The number of benzene rings is 2. The van der Waals surface area contributed by atoms with Crippen molar-refractivity contribution < 1.29 is 13.6 Å². The summed E-state index contributed by atoms with van der Waals surface area (Å²) in [5.41, 5.74) is 1.74. The van der Waals surface area contributed by atoms with Crippen LogP contribution in [0.4, 0.5) is 8.78 Å². The molecule has 0 aliphatic carbocycles. The predicted octanol–water partition coefficient (Wildman–Crippen LogP) is 4.28. The summed E-state index contributed by atoms with van der Waals surface area (Å²) in [5, 5.41) is 0.958. The Morgan fingerprint density at radius 2 is 1.92 bits per heavy atom. The van der Waals surface area contributed by atoms with E-state index in [9.17, 15) is 13.6 Å². The Balaban J connectivity index is 1.83. The minimum Gasteiger partial charge on any atom is -0.339 e. The van der Waals surface area contributed by atoms with Gasteiger partial charge in [-0.05, 0) is 36.8 Å². The second kappa shape index (κ2) is 6.97. The minimum atomic E-state index is -0.578. The quantitative estimate of drug-likeness (QED) is 0.710. The number of aromatic nitrogens is 1. The summed E-state index contributed by atoms with van der Waals surface area (Å²) in [6.07, 6.45) is 1.83. The topological polar surface area (TPSA) is 33.2 Å². The Labute approximate surface area is 144 Å². The number of nitrogens with zero attached hydrogens (tertiary/aromatic N) is 2. The molecule has 0 N–H and O–H groups in total. The highest BCUT2D eigenvalue weighted by Gasteiger charge is 2.21. The van der Waals surface area contributed by atoms with E-state index in [1.54, 1.807) is 20.2 Å². The fraction of sp³-hybridized carbons (Fsp3) is 0.200. The van der Waals surface area contributed by atoms with Crippen LogP contribution in [0.25, 0.3) is 10.9 Å². The molecule has 0 fully saturated rings. The average molecular weight is 340 g/mol. The van der Waals surface area contributed by atoms with Gasteiger partial charge < -0.3 is 4.90 Å². The van der Waals surface area contributed by atoms with Crippen molar-refractivity contribution in [3.63, 3.8) is 0 Å². The first kappa shape index (κ1) is 17.0. The fourth-order valence-electron chi connectivity index (χ4n) is 2.86. The zero-order valence-corrected chi connectivity index (χ0v) is 14.0. The Bertz CT molecular complexity index is 921. The molecule has 0 saturated heterocycles. The van der Waals surface area contributed by atoms with Gasteiger partial charge in [0.25, 0.3) is 0 Å². The van der Waals surface area contributed by atoms with Gasteiger partial charge in [-0.15, -0.1) is 0 Å². The van der Waals surface area contributed by atoms with Gasteiger partial charge in [-0.25, -0.2) is 8.78 Å². The van der Waals surface area contributed by atoms with E-state index in [4.69, 9.17) is 0 Å². The van der Waals surface area contributed by atoms with Gasteiger partial charge in [0.1, 0.15) is 11.6 Å². The second-order valence-electron chi connectivity index (χ2n) is 6.02. The van der Waals surface area contributed by atoms with Gasteiger partial charge in [0.15, 0.2) is 0 Å². The van der Waals surface area contributed by atoms with E-state index in [2.05, 4.69) is 4.98 Å². The number of hydrogen-bond acceptors (Lipinski definition) is 2. The molecular formula is C20H18F2N2O. The van der Waals surface area contributed by atoms with Crippen LogP contribution < -0.4 is 0 Å². The molecule has 0 saturated carbocycles. The highest BCUT2D eigenvalue weighted by atomic mass is 19.1. The van der Waals surface area contributed by atoms with Gasteiger partial charge in [-0.2, -0.15) is 0 Å². The summed E-state index contributed by atoms with van der Waals surface area (Å²) in [5.74, 6) is -1.24. The maximum absolute atomic E-state index is 14.0. The molecule has 3 nitrogen and oxygen atoms in total.